The predicted octanol–water partition coefficient (Wildman–Crippen LogP) is 14.4. The van der Waals surface area contributed by atoms with Crippen LogP contribution >= 0.6 is 11.3 Å². The van der Waals surface area contributed by atoms with Crippen LogP contribution in [0.5, 0.6) is 23.0 Å². The van der Waals surface area contributed by atoms with Gasteiger partial charge in [-0.15, -0.1) is 11.3 Å². The van der Waals surface area contributed by atoms with Gasteiger partial charge in [0, 0.05) is 20.2 Å². The molecule has 238 valence electrons. The first-order valence-corrected chi connectivity index (χ1v) is 18.0. The lowest BCUT2D eigenvalue weighted by molar-refractivity contribution is 0.360. The quantitative estimate of drug-likeness (QED) is 0.174. The van der Waals surface area contributed by atoms with Gasteiger partial charge in [0.2, 0.25) is 0 Å². The van der Waals surface area contributed by atoms with E-state index in [2.05, 4.69) is 140 Å². The summed E-state index contributed by atoms with van der Waals surface area (Å²) in [5.74, 6) is 2.89. The van der Waals surface area contributed by atoms with Crippen LogP contribution in [0.3, 0.4) is 0 Å². The van der Waals surface area contributed by atoms with E-state index in [4.69, 9.17) is 9.47 Å². The molecule has 11 rings (SSSR count). The van der Waals surface area contributed by atoms with Crippen LogP contribution in [0, 0.1) is 0 Å². The summed E-state index contributed by atoms with van der Waals surface area (Å²) in [4.78, 5) is 0. The van der Waals surface area contributed by atoms with Crippen molar-refractivity contribution < 1.29 is 9.47 Å². The van der Waals surface area contributed by atoms with E-state index in [0.717, 1.165) is 33.9 Å². The van der Waals surface area contributed by atoms with Crippen LogP contribution in [-0.2, 0) is 0 Å². The molecule has 0 saturated heterocycles. The second kappa shape index (κ2) is 11.0. The molecule has 0 fully saturated rings. The van der Waals surface area contributed by atoms with Gasteiger partial charge >= 0.3 is 0 Å². The first-order chi connectivity index (χ1) is 25.2. The number of rotatable bonds is 3. The summed E-state index contributed by atoms with van der Waals surface area (Å²) in [6.45, 7) is 0. The zero-order valence-electron chi connectivity index (χ0n) is 27.4. The average molecular weight is 669 g/mol. The summed E-state index contributed by atoms with van der Waals surface area (Å²) in [5, 5.41) is 10.2. The topological polar surface area (TPSA) is 18.5 Å². The fourth-order valence-electron chi connectivity index (χ4n) is 7.83. The summed E-state index contributed by atoms with van der Waals surface area (Å²) in [6.07, 6.45) is 0. The third-order valence-corrected chi connectivity index (χ3v) is 11.4. The molecule has 0 spiro atoms. The lowest BCUT2D eigenvalue weighted by Crippen LogP contribution is -1.98. The molecule has 51 heavy (non-hydrogen) atoms. The highest BCUT2D eigenvalue weighted by Crippen LogP contribution is 2.47. The van der Waals surface area contributed by atoms with Crippen molar-refractivity contribution in [2.45, 2.75) is 0 Å². The van der Waals surface area contributed by atoms with Crippen molar-refractivity contribution in [1.29, 1.82) is 0 Å². The number of thiophene rings is 1. The Morgan fingerprint density at radius 3 is 1.35 bits per heavy atom. The van der Waals surface area contributed by atoms with Gasteiger partial charge in [-0.3, -0.25) is 0 Å². The average Bonchev–Trinajstić information content (AvgIpc) is 3.57. The molecule has 1 aliphatic rings. The molecular formula is C48H28O2S. The highest BCUT2D eigenvalue weighted by molar-refractivity contribution is 7.25. The maximum absolute atomic E-state index is 6.35. The largest absolute Gasteiger partial charge is 0.450 e. The van der Waals surface area contributed by atoms with Crippen molar-refractivity contribution in [2.24, 2.45) is 0 Å². The second-order valence-electron chi connectivity index (χ2n) is 13.3. The second-order valence-corrected chi connectivity index (χ2v) is 14.4. The van der Waals surface area contributed by atoms with Gasteiger partial charge in [0.15, 0.2) is 23.0 Å². The van der Waals surface area contributed by atoms with Crippen molar-refractivity contribution in [2.75, 3.05) is 0 Å². The molecule has 0 atom stereocenters. The predicted molar refractivity (Wildman–Crippen MR) is 215 cm³/mol. The fourth-order valence-corrected chi connectivity index (χ4v) is 8.91. The number of fused-ring (bicyclic) bond motifs is 11. The minimum Gasteiger partial charge on any atom is -0.450 e. The van der Waals surface area contributed by atoms with Gasteiger partial charge in [0.1, 0.15) is 0 Å². The third kappa shape index (κ3) is 4.56. The lowest BCUT2D eigenvalue weighted by atomic mass is 9.89. The molecule has 1 aromatic heterocycles. The lowest BCUT2D eigenvalue weighted by Gasteiger charge is -2.21. The molecule has 0 N–H and O–H groups in total. The zero-order chi connectivity index (χ0) is 33.5. The van der Waals surface area contributed by atoms with Crippen LogP contribution < -0.4 is 9.47 Å². The van der Waals surface area contributed by atoms with E-state index >= 15 is 0 Å². The van der Waals surface area contributed by atoms with E-state index in [0.29, 0.717) is 5.75 Å². The molecule has 3 heteroatoms. The summed E-state index contributed by atoms with van der Waals surface area (Å²) in [5.41, 5.74) is 6.89. The first-order valence-electron chi connectivity index (χ1n) is 17.2. The van der Waals surface area contributed by atoms with Gasteiger partial charge in [-0.25, -0.2) is 0 Å². The number of ether oxygens (including phenoxy) is 2. The molecule has 10 aromatic rings. The first kappa shape index (κ1) is 28.4. The van der Waals surface area contributed by atoms with E-state index in [1.807, 2.05) is 41.7 Å². The normalized spacial score (nSPS) is 12.2. The Morgan fingerprint density at radius 2 is 0.686 bits per heavy atom. The Bertz CT molecular complexity index is 3010. The highest BCUT2D eigenvalue weighted by Gasteiger charge is 2.20. The van der Waals surface area contributed by atoms with Crippen molar-refractivity contribution >= 4 is 63.8 Å². The molecule has 0 amide bonds. The van der Waals surface area contributed by atoms with Crippen LogP contribution in [0.1, 0.15) is 0 Å². The zero-order valence-corrected chi connectivity index (χ0v) is 28.2. The Hall–Kier alpha value is -6.42. The molecule has 0 bridgehead atoms. The number of benzene rings is 9. The molecule has 0 aliphatic carbocycles. The van der Waals surface area contributed by atoms with E-state index in [1.54, 1.807) is 0 Å². The number of para-hydroxylation sites is 2. The van der Waals surface area contributed by atoms with Gasteiger partial charge < -0.3 is 9.47 Å². The molecule has 0 saturated carbocycles. The molecule has 0 unspecified atom stereocenters. The maximum Gasteiger partial charge on any atom is 0.170 e. The molecular weight excluding hydrogens is 641 g/mol. The van der Waals surface area contributed by atoms with Crippen molar-refractivity contribution in [3.63, 3.8) is 0 Å². The maximum atomic E-state index is 6.35. The van der Waals surface area contributed by atoms with Crippen molar-refractivity contribution in [3.05, 3.63) is 170 Å². The van der Waals surface area contributed by atoms with Crippen LogP contribution in [0.15, 0.2) is 170 Å². The van der Waals surface area contributed by atoms with Crippen LogP contribution in [0.4, 0.5) is 0 Å². The van der Waals surface area contributed by atoms with Crippen molar-refractivity contribution in [1.82, 2.24) is 0 Å². The SMILES string of the molecule is c1ccc2c(c1)Oc1ccc(-c3cc(-c4ccc5sc6ccccc6c5c4)cc(-c4ccc5c6ccccc6c6ccccc6c5c4)c3)cc1O2. The van der Waals surface area contributed by atoms with Gasteiger partial charge in [0.25, 0.3) is 0 Å². The Kier molecular flexibility index (Phi) is 6.16. The number of hydrogen-bond acceptors (Lipinski definition) is 3. The van der Waals surface area contributed by atoms with E-state index in [-0.39, 0.29) is 0 Å². The molecule has 2 heterocycles. The van der Waals surface area contributed by atoms with E-state index in [1.165, 1.54) is 69.2 Å². The van der Waals surface area contributed by atoms with Crippen LogP contribution in [0.2, 0.25) is 0 Å². The van der Waals surface area contributed by atoms with Gasteiger partial charge in [0.05, 0.1) is 0 Å². The Balaban J connectivity index is 1.12. The highest BCUT2D eigenvalue weighted by atomic mass is 32.1. The molecule has 9 aromatic carbocycles. The fraction of sp³-hybridized carbons (Fsp3) is 0. The van der Waals surface area contributed by atoms with E-state index < -0.39 is 0 Å². The molecule has 1 aliphatic heterocycles. The molecule has 2 nitrogen and oxygen atoms in total. The van der Waals surface area contributed by atoms with Gasteiger partial charge in [-0.1, -0.05) is 103 Å². The summed E-state index contributed by atoms with van der Waals surface area (Å²) in [7, 11) is 0. The number of hydrogen-bond donors (Lipinski definition) is 0. The van der Waals surface area contributed by atoms with Crippen LogP contribution in [0.25, 0.3) is 85.9 Å². The standard InChI is InChI=1S/C48H28O2S/c1-2-11-37-35(9-1)36-10-3-4-12-38(36)41-26-29(17-20-39(37)41)32-23-33(30-19-22-48-42(27-30)40-13-5-8-16-47(40)51-48)25-34(24-32)31-18-21-45-46(28-31)50-44-15-7-6-14-43(44)49-45/h1-28H. The van der Waals surface area contributed by atoms with Gasteiger partial charge in [-0.05, 0) is 132 Å². The van der Waals surface area contributed by atoms with Gasteiger partial charge in [-0.2, -0.15) is 0 Å². The minimum atomic E-state index is 0.716. The minimum absolute atomic E-state index is 0.716. The smallest absolute Gasteiger partial charge is 0.170 e. The molecule has 0 radical (unpaired) electrons. The van der Waals surface area contributed by atoms with Crippen LogP contribution in [-0.4, -0.2) is 0 Å². The summed E-state index contributed by atoms with van der Waals surface area (Å²) in [6, 6.07) is 61.1. The summed E-state index contributed by atoms with van der Waals surface area (Å²) < 4.78 is 15.2. The Morgan fingerprint density at radius 1 is 0.255 bits per heavy atom. The Labute approximate surface area is 298 Å². The van der Waals surface area contributed by atoms with E-state index in [9.17, 15) is 0 Å². The summed E-state index contributed by atoms with van der Waals surface area (Å²) >= 11 is 1.85. The van der Waals surface area contributed by atoms with Crippen molar-refractivity contribution in [3.8, 4) is 56.4 Å². The monoisotopic (exact) mass is 668 g/mol. The third-order valence-electron chi connectivity index (χ3n) is 10.3.